The molecule has 3 N–H and O–H groups in total. The summed E-state index contributed by atoms with van der Waals surface area (Å²) in [6, 6.07) is 5.16. The van der Waals surface area contributed by atoms with E-state index in [0.717, 1.165) is 4.47 Å². The number of ether oxygens (including phenoxy) is 1. The fourth-order valence-corrected chi connectivity index (χ4v) is 1.78. The number of halogens is 1. The lowest BCUT2D eigenvalue weighted by molar-refractivity contribution is 0.0619. The van der Waals surface area contributed by atoms with Gasteiger partial charge in [0.2, 0.25) is 0 Å². The first kappa shape index (κ1) is 14.9. The van der Waals surface area contributed by atoms with E-state index in [2.05, 4.69) is 15.9 Å². The molecule has 0 unspecified atom stereocenters. The Balaban J connectivity index is 2.57. The van der Waals surface area contributed by atoms with E-state index in [4.69, 9.17) is 15.6 Å². The van der Waals surface area contributed by atoms with Gasteiger partial charge < -0.3 is 20.5 Å². The molecular weight excluding hydrogens is 300 g/mol. The van der Waals surface area contributed by atoms with Crippen LogP contribution in [0.1, 0.15) is 10.4 Å². The van der Waals surface area contributed by atoms with Gasteiger partial charge in [-0.2, -0.15) is 0 Å². The van der Waals surface area contributed by atoms with Crippen LogP contribution in [0.15, 0.2) is 22.7 Å². The fraction of sp³-hybridized carbons (Fsp3) is 0.417. The van der Waals surface area contributed by atoms with E-state index < -0.39 is 0 Å². The highest BCUT2D eigenvalue weighted by Crippen LogP contribution is 2.19. The van der Waals surface area contributed by atoms with Crippen molar-refractivity contribution in [2.45, 2.75) is 0 Å². The molecule has 0 aliphatic rings. The van der Waals surface area contributed by atoms with Gasteiger partial charge in [0.25, 0.3) is 5.91 Å². The number of rotatable bonds is 6. The standard InChI is InChI=1S/C12H17BrN2O3/c1-15(4-6-18-7-5-16)12(17)10-3-2-9(13)8-11(10)14/h2-3,8,16H,4-7,14H2,1H3. The number of hydrogen-bond donors (Lipinski definition) is 2. The topological polar surface area (TPSA) is 75.8 Å². The third kappa shape index (κ3) is 4.29. The van der Waals surface area contributed by atoms with E-state index in [-0.39, 0.29) is 19.1 Å². The second kappa shape index (κ2) is 7.35. The SMILES string of the molecule is CN(CCOCCO)C(=O)c1ccc(Br)cc1N. The summed E-state index contributed by atoms with van der Waals surface area (Å²) in [5, 5.41) is 8.55. The van der Waals surface area contributed by atoms with E-state index in [1.165, 1.54) is 4.90 Å². The van der Waals surface area contributed by atoms with Crippen molar-refractivity contribution in [2.24, 2.45) is 0 Å². The molecule has 1 amide bonds. The van der Waals surface area contributed by atoms with E-state index in [9.17, 15) is 4.79 Å². The van der Waals surface area contributed by atoms with Gasteiger partial charge in [-0.1, -0.05) is 15.9 Å². The Morgan fingerprint density at radius 2 is 2.22 bits per heavy atom. The first-order valence-electron chi connectivity index (χ1n) is 5.55. The molecule has 0 spiro atoms. The Hall–Kier alpha value is -1.11. The van der Waals surface area contributed by atoms with E-state index in [1.54, 1.807) is 25.2 Å². The summed E-state index contributed by atoms with van der Waals surface area (Å²) in [6.07, 6.45) is 0. The van der Waals surface area contributed by atoms with Crippen molar-refractivity contribution in [3.05, 3.63) is 28.2 Å². The number of anilines is 1. The average Bonchev–Trinajstić information content (AvgIpc) is 2.33. The number of likely N-dealkylation sites (N-methyl/N-ethyl adjacent to an activating group) is 1. The molecule has 0 radical (unpaired) electrons. The highest BCUT2D eigenvalue weighted by molar-refractivity contribution is 9.10. The maximum absolute atomic E-state index is 12.1. The molecule has 100 valence electrons. The smallest absolute Gasteiger partial charge is 0.255 e. The molecule has 0 fully saturated rings. The van der Waals surface area contributed by atoms with Crippen molar-refractivity contribution < 1.29 is 14.6 Å². The van der Waals surface area contributed by atoms with Gasteiger partial charge in [-0.15, -0.1) is 0 Å². The third-order valence-electron chi connectivity index (χ3n) is 2.40. The van der Waals surface area contributed by atoms with Crippen LogP contribution in [0.25, 0.3) is 0 Å². The van der Waals surface area contributed by atoms with Crippen LogP contribution in [-0.4, -0.2) is 49.3 Å². The van der Waals surface area contributed by atoms with Crippen molar-refractivity contribution in [1.82, 2.24) is 4.90 Å². The monoisotopic (exact) mass is 316 g/mol. The van der Waals surface area contributed by atoms with Crippen molar-refractivity contribution in [1.29, 1.82) is 0 Å². The Morgan fingerprint density at radius 3 is 2.83 bits per heavy atom. The molecular formula is C12H17BrN2O3. The molecule has 18 heavy (non-hydrogen) atoms. The molecule has 0 aliphatic carbocycles. The zero-order chi connectivity index (χ0) is 13.5. The van der Waals surface area contributed by atoms with Crippen LogP contribution in [0.5, 0.6) is 0 Å². The molecule has 0 atom stereocenters. The summed E-state index contributed by atoms with van der Waals surface area (Å²) in [5.74, 6) is -0.146. The molecule has 5 nitrogen and oxygen atoms in total. The van der Waals surface area contributed by atoms with Gasteiger partial charge >= 0.3 is 0 Å². The van der Waals surface area contributed by atoms with Gasteiger partial charge in [0.1, 0.15) is 0 Å². The Labute approximate surface area is 115 Å². The number of nitrogens with two attached hydrogens (primary N) is 1. The number of aliphatic hydroxyl groups excluding tert-OH is 1. The van der Waals surface area contributed by atoms with Crippen molar-refractivity contribution in [3.8, 4) is 0 Å². The number of hydrogen-bond acceptors (Lipinski definition) is 4. The first-order valence-corrected chi connectivity index (χ1v) is 6.34. The summed E-state index contributed by atoms with van der Waals surface area (Å²) in [4.78, 5) is 13.6. The predicted octanol–water partition coefficient (Wildman–Crippen LogP) is 1.11. The number of amides is 1. The molecule has 0 aromatic heterocycles. The van der Waals surface area contributed by atoms with Gasteiger partial charge in [0, 0.05) is 23.8 Å². The molecule has 1 aromatic rings. The van der Waals surface area contributed by atoms with E-state index in [0.29, 0.717) is 24.4 Å². The number of carbonyl (C=O) groups is 1. The molecule has 0 heterocycles. The van der Waals surface area contributed by atoms with Crippen molar-refractivity contribution >= 4 is 27.5 Å². The number of benzene rings is 1. The van der Waals surface area contributed by atoms with Crippen LogP contribution < -0.4 is 5.73 Å². The normalized spacial score (nSPS) is 10.4. The highest BCUT2D eigenvalue weighted by Gasteiger charge is 2.14. The van der Waals surface area contributed by atoms with Crippen LogP contribution >= 0.6 is 15.9 Å². The summed E-state index contributed by atoms with van der Waals surface area (Å²) in [5.41, 5.74) is 6.71. The predicted molar refractivity (Wildman–Crippen MR) is 73.4 cm³/mol. The largest absolute Gasteiger partial charge is 0.398 e. The lowest BCUT2D eigenvalue weighted by atomic mass is 10.1. The molecule has 1 aromatic carbocycles. The average molecular weight is 317 g/mol. The number of carbonyl (C=O) groups excluding carboxylic acids is 1. The first-order chi connectivity index (χ1) is 8.56. The zero-order valence-corrected chi connectivity index (χ0v) is 11.8. The van der Waals surface area contributed by atoms with Gasteiger partial charge in [0.05, 0.1) is 25.4 Å². The molecule has 1 rings (SSSR count). The van der Waals surface area contributed by atoms with Gasteiger partial charge in [-0.3, -0.25) is 4.79 Å². The Kier molecular flexibility index (Phi) is 6.11. The summed E-state index contributed by atoms with van der Waals surface area (Å²) < 4.78 is 5.94. The Bertz CT molecular complexity index is 412. The third-order valence-corrected chi connectivity index (χ3v) is 2.89. The Morgan fingerprint density at radius 1 is 1.50 bits per heavy atom. The van der Waals surface area contributed by atoms with Gasteiger partial charge in [0.15, 0.2) is 0 Å². The van der Waals surface area contributed by atoms with Crippen LogP contribution in [0, 0.1) is 0 Å². The number of aliphatic hydroxyl groups is 1. The fourth-order valence-electron chi connectivity index (χ4n) is 1.40. The second-order valence-corrected chi connectivity index (χ2v) is 4.71. The summed E-state index contributed by atoms with van der Waals surface area (Å²) in [6.45, 7) is 1.10. The summed E-state index contributed by atoms with van der Waals surface area (Å²) >= 11 is 3.29. The number of nitrogens with zero attached hydrogens (tertiary/aromatic N) is 1. The van der Waals surface area contributed by atoms with Gasteiger partial charge in [-0.25, -0.2) is 0 Å². The molecule has 0 aliphatic heterocycles. The summed E-state index contributed by atoms with van der Waals surface area (Å²) in [7, 11) is 1.69. The maximum Gasteiger partial charge on any atom is 0.255 e. The van der Waals surface area contributed by atoms with Crippen LogP contribution in [0.3, 0.4) is 0 Å². The second-order valence-electron chi connectivity index (χ2n) is 3.79. The van der Waals surface area contributed by atoms with Crippen molar-refractivity contribution in [2.75, 3.05) is 39.1 Å². The van der Waals surface area contributed by atoms with Crippen LogP contribution in [0.2, 0.25) is 0 Å². The van der Waals surface area contributed by atoms with E-state index in [1.807, 2.05) is 0 Å². The van der Waals surface area contributed by atoms with Gasteiger partial charge in [-0.05, 0) is 18.2 Å². The maximum atomic E-state index is 12.1. The van der Waals surface area contributed by atoms with Crippen LogP contribution in [-0.2, 0) is 4.74 Å². The molecule has 0 saturated heterocycles. The minimum absolute atomic E-state index is 0.0165. The quantitative estimate of drug-likeness (QED) is 0.609. The minimum atomic E-state index is -0.146. The van der Waals surface area contributed by atoms with Crippen molar-refractivity contribution in [3.63, 3.8) is 0 Å². The molecule has 0 saturated carbocycles. The van der Waals surface area contributed by atoms with Crippen LogP contribution in [0.4, 0.5) is 5.69 Å². The minimum Gasteiger partial charge on any atom is -0.398 e. The number of nitrogen functional groups attached to an aromatic ring is 1. The zero-order valence-electron chi connectivity index (χ0n) is 10.2. The lowest BCUT2D eigenvalue weighted by Crippen LogP contribution is -2.31. The lowest BCUT2D eigenvalue weighted by Gasteiger charge is -2.18. The highest BCUT2D eigenvalue weighted by atomic mass is 79.9. The molecule has 6 heteroatoms. The van der Waals surface area contributed by atoms with E-state index >= 15 is 0 Å². The molecule has 0 bridgehead atoms.